The summed E-state index contributed by atoms with van der Waals surface area (Å²) in [6.45, 7) is 8.89. The molecule has 132 valence electrons. The predicted molar refractivity (Wildman–Crippen MR) is 94.4 cm³/mol. The molecule has 4 heteroatoms. The second-order valence-corrected chi connectivity index (χ2v) is 7.52. The summed E-state index contributed by atoms with van der Waals surface area (Å²) in [5.74, 6) is 1.82. The molecule has 4 nitrogen and oxygen atoms in total. The van der Waals surface area contributed by atoms with E-state index in [0.29, 0.717) is 11.8 Å². The Labute approximate surface area is 144 Å². The van der Waals surface area contributed by atoms with E-state index < -0.39 is 6.10 Å². The Hall–Kier alpha value is -1.55. The van der Waals surface area contributed by atoms with Crippen LogP contribution in [0, 0.1) is 12.8 Å². The lowest BCUT2D eigenvalue weighted by atomic mass is 10.0. The van der Waals surface area contributed by atoms with E-state index >= 15 is 0 Å². The molecule has 3 atom stereocenters. The Morgan fingerprint density at radius 1 is 1.25 bits per heavy atom. The number of hydrogen-bond acceptors (Lipinski definition) is 3. The Morgan fingerprint density at radius 2 is 2.00 bits per heavy atom. The molecule has 3 rings (SSSR count). The lowest BCUT2D eigenvalue weighted by Gasteiger charge is -2.23. The number of ether oxygens (including phenoxy) is 2. The highest BCUT2D eigenvalue weighted by molar-refractivity contribution is 5.81. The van der Waals surface area contributed by atoms with Gasteiger partial charge in [0.05, 0.1) is 12.1 Å². The van der Waals surface area contributed by atoms with Crippen molar-refractivity contribution in [2.75, 3.05) is 6.61 Å². The summed E-state index contributed by atoms with van der Waals surface area (Å²) in [4.78, 5) is 12.5. The summed E-state index contributed by atoms with van der Waals surface area (Å²) in [6.07, 6.45) is 3.05. The number of carbonyl (C=O) groups is 1. The van der Waals surface area contributed by atoms with Crippen molar-refractivity contribution in [3.63, 3.8) is 0 Å². The third-order valence-electron chi connectivity index (χ3n) is 5.10. The molecule has 24 heavy (non-hydrogen) atoms. The summed E-state index contributed by atoms with van der Waals surface area (Å²) in [6, 6.07) is 6.37. The van der Waals surface area contributed by atoms with Crippen LogP contribution < -0.4 is 10.1 Å². The van der Waals surface area contributed by atoms with Crippen LogP contribution in [0.4, 0.5) is 0 Å². The van der Waals surface area contributed by atoms with Gasteiger partial charge in [0.15, 0.2) is 6.10 Å². The van der Waals surface area contributed by atoms with Crippen LogP contribution in [0.15, 0.2) is 18.2 Å². The van der Waals surface area contributed by atoms with Gasteiger partial charge in [0.25, 0.3) is 5.91 Å². The van der Waals surface area contributed by atoms with Crippen LogP contribution in [0.25, 0.3) is 0 Å². The van der Waals surface area contributed by atoms with Gasteiger partial charge in [-0.1, -0.05) is 26.0 Å². The summed E-state index contributed by atoms with van der Waals surface area (Å²) in [5, 5.41) is 3.14. The minimum Gasteiger partial charge on any atom is -0.481 e. The molecular weight excluding hydrogens is 302 g/mol. The Bertz CT molecular complexity index is 595. The number of benzene rings is 1. The maximum absolute atomic E-state index is 12.5. The first kappa shape index (κ1) is 17.3. The van der Waals surface area contributed by atoms with E-state index in [1.165, 1.54) is 18.4 Å². The van der Waals surface area contributed by atoms with Gasteiger partial charge in [0.2, 0.25) is 0 Å². The minimum atomic E-state index is -0.508. The molecule has 2 fully saturated rings. The monoisotopic (exact) mass is 331 g/mol. The van der Waals surface area contributed by atoms with Gasteiger partial charge >= 0.3 is 0 Å². The van der Waals surface area contributed by atoms with Crippen molar-refractivity contribution < 1.29 is 14.3 Å². The number of carbonyl (C=O) groups excluding carboxylic acids is 1. The van der Waals surface area contributed by atoms with Crippen molar-refractivity contribution in [1.82, 2.24) is 5.32 Å². The normalized spacial score (nSPS) is 24.9. The number of aryl methyl sites for hydroxylation is 1. The molecule has 1 aliphatic heterocycles. The zero-order chi connectivity index (χ0) is 17.3. The van der Waals surface area contributed by atoms with Crippen molar-refractivity contribution in [3.05, 3.63) is 29.3 Å². The second kappa shape index (κ2) is 7.14. The summed E-state index contributed by atoms with van der Waals surface area (Å²) >= 11 is 0. The highest BCUT2D eigenvalue weighted by Gasteiger charge is 2.41. The molecule has 1 saturated carbocycles. The number of nitrogens with one attached hydrogen (secondary N) is 1. The van der Waals surface area contributed by atoms with E-state index in [0.717, 1.165) is 24.3 Å². The van der Waals surface area contributed by atoms with Crippen molar-refractivity contribution in [1.29, 1.82) is 0 Å². The molecule has 1 aromatic carbocycles. The van der Waals surface area contributed by atoms with Gasteiger partial charge in [0, 0.05) is 6.61 Å². The van der Waals surface area contributed by atoms with Gasteiger partial charge in [-0.3, -0.25) is 4.79 Å². The molecule has 0 unspecified atom stereocenters. The molecule has 0 spiro atoms. The fraction of sp³-hybridized carbons (Fsp3) is 0.650. The van der Waals surface area contributed by atoms with E-state index in [4.69, 9.17) is 9.47 Å². The van der Waals surface area contributed by atoms with Gasteiger partial charge in [-0.25, -0.2) is 0 Å². The van der Waals surface area contributed by atoms with Crippen molar-refractivity contribution >= 4 is 5.91 Å². The zero-order valence-corrected chi connectivity index (χ0v) is 15.2. The first-order valence-electron chi connectivity index (χ1n) is 9.15. The summed E-state index contributed by atoms with van der Waals surface area (Å²) in [7, 11) is 0. The number of amides is 1. The molecule has 1 aliphatic carbocycles. The number of hydrogen-bond donors (Lipinski definition) is 1. The van der Waals surface area contributed by atoms with Crippen LogP contribution >= 0.6 is 0 Å². The quantitative estimate of drug-likeness (QED) is 0.867. The maximum Gasteiger partial charge on any atom is 0.261 e. The molecule has 1 amide bonds. The van der Waals surface area contributed by atoms with E-state index in [1.807, 2.05) is 13.8 Å². The molecule has 1 aromatic rings. The average molecular weight is 331 g/mol. The molecule has 0 radical (unpaired) electrons. The number of rotatable bonds is 6. The van der Waals surface area contributed by atoms with Crippen LogP contribution in [0.1, 0.15) is 57.1 Å². The highest BCUT2D eigenvalue weighted by Crippen LogP contribution is 2.38. The third-order valence-corrected chi connectivity index (χ3v) is 5.10. The minimum absolute atomic E-state index is 0.0505. The first-order valence-corrected chi connectivity index (χ1v) is 9.15. The van der Waals surface area contributed by atoms with Gasteiger partial charge in [-0.2, -0.15) is 0 Å². The second-order valence-electron chi connectivity index (χ2n) is 7.52. The molecule has 0 aromatic heterocycles. The van der Waals surface area contributed by atoms with Crippen molar-refractivity contribution in [2.45, 2.75) is 71.1 Å². The standard InChI is InChI=1S/C20H29NO3/c1-12(2)16-6-5-13(3)18(11-16)24-14(4)20(22)21-17-9-10-23-19(17)15-7-8-15/h5-6,11-12,14-15,17,19H,7-10H2,1-4H3,(H,21,22)/t14-,17+,19-/m1/s1. The molecule has 1 heterocycles. The van der Waals surface area contributed by atoms with Gasteiger partial charge < -0.3 is 14.8 Å². The largest absolute Gasteiger partial charge is 0.481 e. The van der Waals surface area contributed by atoms with Gasteiger partial charge in [-0.15, -0.1) is 0 Å². The zero-order valence-electron chi connectivity index (χ0n) is 15.2. The van der Waals surface area contributed by atoms with Gasteiger partial charge in [0.1, 0.15) is 5.75 Å². The van der Waals surface area contributed by atoms with Crippen LogP contribution in [0.5, 0.6) is 5.75 Å². The molecule has 1 N–H and O–H groups in total. The molecular formula is C20H29NO3. The lowest BCUT2D eigenvalue weighted by Crippen LogP contribution is -2.46. The molecule has 1 saturated heterocycles. The Kier molecular flexibility index (Phi) is 5.14. The fourth-order valence-corrected chi connectivity index (χ4v) is 3.30. The van der Waals surface area contributed by atoms with Crippen LogP contribution in [0.2, 0.25) is 0 Å². The Balaban J connectivity index is 1.60. The van der Waals surface area contributed by atoms with E-state index in [1.54, 1.807) is 0 Å². The van der Waals surface area contributed by atoms with E-state index in [-0.39, 0.29) is 18.1 Å². The SMILES string of the molecule is Cc1ccc(C(C)C)cc1O[C@H](C)C(=O)N[C@H]1CCO[C@@H]1C1CC1. The lowest BCUT2D eigenvalue weighted by molar-refractivity contribution is -0.128. The first-order chi connectivity index (χ1) is 11.5. The molecule has 2 aliphatic rings. The summed E-state index contributed by atoms with van der Waals surface area (Å²) < 4.78 is 11.8. The van der Waals surface area contributed by atoms with Crippen LogP contribution in [-0.4, -0.2) is 30.8 Å². The predicted octanol–water partition coefficient (Wildman–Crippen LogP) is 3.57. The van der Waals surface area contributed by atoms with E-state index in [2.05, 4.69) is 37.4 Å². The summed E-state index contributed by atoms with van der Waals surface area (Å²) in [5.41, 5.74) is 2.28. The van der Waals surface area contributed by atoms with Crippen molar-refractivity contribution in [2.24, 2.45) is 5.92 Å². The van der Waals surface area contributed by atoms with Gasteiger partial charge in [-0.05, 0) is 62.1 Å². The van der Waals surface area contributed by atoms with Crippen LogP contribution in [0.3, 0.4) is 0 Å². The topological polar surface area (TPSA) is 47.6 Å². The van der Waals surface area contributed by atoms with Crippen molar-refractivity contribution in [3.8, 4) is 5.75 Å². The van der Waals surface area contributed by atoms with E-state index in [9.17, 15) is 4.79 Å². The Morgan fingerprint density at radius 3 is 2.67 bits per heavy atom. The average Bonchev–Trinajstić information content (AvgIpc) is 3.29. The maximum atomic E-state index is 12.5. The van der Waals surface area contributed by atoms with Crippen LogP contribution in [-0.2, 0) is 9.53 Å². The molecule has 0 bridgehead atoms. The smallest absolute Gasteiger partial charge is 0.261 e. The third kappa shape index (κ3) is 3.92. The fourth-order valence-electron chi connectivity index (χ4n) is 3.30. The highest BCUT2D eigenvalue weighted by atomic mass is 16.5.